The number of hydrogen-bond acceptors (Lipinski definition) is 2. The molecule has 18 heavy (non-hydrogen) atoms. The molecule has 1 rings (SSSR count). The smallest absolute Gasteiger partial charge is 0.0963 e. The summed E-state index contributed by atoms with van der Waals surface area (Å²) in [5.41, 5.74) is 5.49. The van der Waals surface area contributed by atoms with Crippen LogP contribution >= 0.6 is 0 Å². The quantitative estimate of drug-likeness (QED) is 0.416. The fraction of sp³-hybridized carbons (Fsp3) is 0.933. The lowest BCUT2D eigenvalue weighted by Gasteiger charge is -2.28. The number of nitrogens with one attached hydrogen (secondary N) is 1. The number of unbranched alkanes of at least 4 members (excludes halogenated alkanes) is 1. The number of nitrogens with two attached hydrogens (primary N) is 1. The Morgan fingerprint density at radius 2 is 2.06 bits per heavy atom. The summed E-state index contributed by atoms with van der Waals surface area (Å²) in [6.45, 7) is 11.3. The summed E-state index contributed by atoms with van der Waals surface area (Å²) in [6, 6.07) is 0.797. The second-order valence-electron chi connectivity index (χ2n) is 6.74. The lowest BCUT2D eigenvalue weighted by molar-refractivity contribution is 0.201. The summed E-state index contributed by atoms with van der Waals surface area (Å²) in [4.78, 5) is 2.66. The lowest BCUT2D eigenvalue weighted by Crippen LogP contribution is -2.34. The lowest BCUT2D eigenvalue weighted by atomic mass is 9.86. The predicted molar refractivity (Wildman–Crippen MR) is 79.0 cm³/mol. The van der Waals surface area contributed by atoms with E-state index in [9.17, 15) is 0 Å². The van der Waals surface area contributed by atoms with Crippen LogP contribution in [0.2, 0.25) is 0 Å². The number of amidine groups is 1. The number of hydrogen-bond donors (Lipinski definition) is 2. The number of rotatable bonds is 7. The van der Waals surface area contributed by atoms with Gasteiger partial charge in [-0.05, 0) is 44.7 Å². The van der Waals surface area contributed by atoms with Gasteiger partial charge in [-0.15, -0.1) is 0 Å². The first-order chi connectivity index (χ1) is 8.34. The predicted octanol–water partition coefficient (Wildman–Crippen LogP) is 3.24. The minimum absolute atomic E-state index is 0.123. The first-order valence-corrected chi connectivity index (χ1v) is 7.43. The Labute approximate surface area is 113 Å². The van der Waals surface area contributed by atoms with Gasteiger partial charge < -0.3 is 10.6 Å². The second-order valence-corrected chi connectivity index (χ2v) is 6.74. The van der Waals surface area contributed by atoms with E-state index < -0.39 is 0 Å². The standard InChI is InChI=1S/C15H31N3/c1-12(2)13-8-7-11-18(13)10-6-5-9-15(3,4)14(16)17/h12-13H,5-11H2,1-4H3,(H3,16,17). The first-order valence-electron chi connectivity index (χ1n) is 7.43. The van der Waals surface area contributed by atoms with Crippen LogP contribution in [-0.2, 0) is 0 Å². The molecular weight excluding hydrogens is 222 g/mol. The van der Waals surface area contributed by atoms with E-state index in [-0.39, 0.29) is 5.41 Å². The Balaban J connectivity index is 2.24. The Morgan fingerprint density at radius 1 is 1.39 bits per heavy atom. The largest absolute Gasteiger partial charge is 0.387 e. The van der Waals surface area contributed by atoms with Gasteiger partial charge in [0.05, 0.1) is 5.84 Å². The highest BCUT2D eigenvalue weighted by Crippen LogP contribution is 2.26. The molecule has 0 aromatic heterocycles. The molecule has 1 heterocycles. The molecular formula is C15H31N3. The Bertz CT molecular complexity index is 271. The van der Waals surface area contributed by atoms with Gasteiger partial charge in [-0.2, -0.15) is 0 Å². The fourth-order valence-corrected chi connectivity index (χ4v) is 2.90. The van der Waals surface area contributed by atoms with E-state index in [1.54, 1.807) is 0 Å². The van der Waals surface area contributed by atoms with Crippen LogP contribution in [0.25, 0.3) is 0 Å². The van der Waals surface area contributed by atoms with E-state index in [1.165, 1.54) is 38.8 Å². The molecule has 3 N–H and O–H groups in total. The third-order valence-electron chi connectivity index (χ3n) is 4.41. The van der Waals surface area contributed by atoms with Crippen LogP contribution in [0.4, 0.5) is 0 Å². The highest BCUT2D eigenvalue weighted by molar-refractivity contribution is 5.82. The molecule has 0 aromatic carbocycles. The molecule has 1 atom stereocenters. The molecule has 106 valence electrons. The maximum Gasteiger partial charge on any atom is 0.0963 e. The molecule has 1 aliphatic heterocycles. The molecule has 0 aliphatic carbocycles. The van der Waals surface area contributed by atoms with Gasteiger partial charge >= 0.3 is 0 Å². The van der Waals surface area contributed by atoms with Crippen LogP contribution in [-0.4, -0.2) is 29.9 Å². The summed E-state index contributed by atoms with van der Waals surface area (Å²) in [5.74, 6) is 1.10. The maximum absolute atomic E-state index is 7.56. The number of likely N-dealkylation sites (tertiary alicyclic amines) is 1. The van der Waals surface area contributed by atoms with Crippen LogP contribution in [0.5, 0.6) is 0 Å². The number of nitrogens with zero attached hydrogens (tertiary/aromatic N) is 1. The summed E-state index contributed by atoms with van der Waals surface area (Å²) < 4.78 is 0. The summed E-state index contributed by atoms with van der Waals surface area (Å²) in [7, 11) is 0. The van der Waals surface area contributed by atoms with Crippen molar-refractivity contribution in [2.75, 3.05) is 13.1 Å². The third kappa shape index (κ3) is 4.27. The third-order valence-corrected chi connectivity index (χ3v) is 4.41. The van der Waals surface area contributed by atoms with Crippen LogP contribution in [0, 0.1) is 16.7 Å². The molecule has 0 spiro atoms. The van der Waals surface area contributed by atoms with E-state index in [0.717, 1.165) is 18.4 Å². The molecule has 0 saturated carbocycles. The average molecular weight is 253 g/mol. The van der Waals surface area contributed by atoms with Crippen molar-refractivity contribution in [2.24, 2.45) is 17.1 Å². The van der Waals surface area contributed by atoms with E-state index in [2.05, 4.69) is 32.6 Å². The molecule has 0 amide bonds. The normalized spacial score (nSPS) is 21.7. The van der Waals surface area contributed by atoms with Crippen LogP contribution in [0.15, 0.2) is 0 Å². The zero-order chi connectivity index (χ0) is 13.8. The van der Waals surface area contributed by atoms with Crippen molar-refractivity contribution in [3.05, 3.63) is 0 Å². The molecule has 0 radical (unpaired) electrons. The van der Waals surface area contributed by atoms with E-state index in [4.69, 9.17) is 11.1 Å². The molecule has 3 heteroatoms. The average Bonchev–Trinajstić information content (AvgIpc) is 2.72. The first kappa shape index (κ1) is 15.5. The second kappa shape index (κ2) is 6.55. The summed E-state index contributed by atoms with van der Waals surface area (Å²) in [5, 5.41) is 7.56. The van der Waals surface area contributed by atoms with Crippen LogP contribution < -0.4 is 5.73 Å². The van der Waals surface area contributed by atoms with Crippen molar-refractivity contribution < 1.29 is 0 Å². The van der Waals surface area contributed by atoms with Crippen molar-refractivity contribution in [2.45, 2.75) is 65.8 Å². The minimum Gasteiger partial charge on any atom is -0.387 e. The van der Waals surface area contributed by atoms with E-state index in [1.807, 2.05) is 0 Å². The monoisotopic (exact) mass is 253 g/mol. The Morgan fingerprint density at radius 3 is 2.61 bits per heavy atom. The van der Waals surface area contributed by atoms with E-state index in [0.29, 0.717) is 5.84 Å². The summed E-state index contributed by atoms with van der Waals surface area (Å²) >= 11 is 0. The SMILES string of the molecule is CC(C)C1CCCN1CCCCC(C)(C)C(=N)N. The van der Waals surface area contributed by atoms with Gasteiger partial charge in [-0.3, -0.25) is 5.41 Å². The molecule has 1 saturated heterocycles. The zero-order valence-electron chi connectivity index (χ0n) is 12.6. The van der Waals surface area contributed by atoms with Crippen molar-refractivity contribution in [3.63, 3.8) is 0 Å². The van der Waals surface area contributed by atoms with Gasteiger partial charge in [0.15, 0.2) is 0 Å². The van der Waals surface area contributed by atoms with Crippen molar-refractivity contribution in [3.8, 4) is 0 Å². The van der Waals surface area contributed by atoms with Gasteiger partial charge in [0.1, 0.15) is 0 Å². The van der Waals surface area contributed by atoms with Gasteiger partial charge in [0, 0.05) is 11.5 Å². The zero-order valence-corrected chi connectivity index (χ0v) is 12.6. The fourth-order valence-electron chi connectivity index (χ4n) is 2.90. The molecule has 1 unspecified atom stereocenters. The minimum atomic E-state index is -0.123. The Kier molecular flexibility index (Phi) is 5.64. The Hall–Kier alpha value is -0.570. The molecule has 1 aliphatic rings. The highest BCUT2D eigenvalue weighted by Gasteiger charge is 2.26. The molecule has 0 bridgehead atoms. The molecule has 3 nitrogen and oxygen atoms in total. The topological polar surface area (TPSA) is 53.1 Å². The maximum atomic E-state index is 7.56. The van der Waals surface area contributed by atoms with Gasteiger partial charge in [0.2, 0.25) is 0 Å². The van der Waals surface area contributed by atoms with Crippen molar-refractivity contribution in [1.82, 2.24) is 4.90 Å². The van der Waals surface area contributed by atoms with Crippen molar-refractivity contribution in [1.29, 1.82) is 5.41 Å². The van der Waals surface area contributed by atoms with Gasteiger partial charge in [0.25, 0.3) is 0 Å². The van der Waals surface area contributed by atoms with Gasteiger partial charge in [-0.25, -0.2) is 0 Å². The highest BCUT2D eigenvalue weighted by atomic mass is 15.2. The molecule has 1 fully saturated rings. The van der Waals surface area contributed by atoms with Crippen molar-refractivity contribution >= 4 is 5.84 Å². The van der Waals surface area contributed by atoms with Crippen LogP contribution in [0.1, 0.15) is 59.8 Å². The van der Waals surface area contributed by atoms with Crippen LogP contribution in [0.3, 0.4) is 0 Å². The van der Waals surface area contributed by atoms with Gasteiger partial charge in [-0.1, -0.05) is 34.1 Å². The molecule has 0 aromatic rings. The summed E-state index contributed by atoms with van der Waals surface area (Å²) in [6.07, 6.45) is 6.18. The van der Waals surface area contributed by atoms with E-state index >= 15 is 0 Å².